The van der Waals surface area contributed by atoms with Crippen LogP contribution in [0.3, 0.4) is 0 Å². The van der Waals surface area contributed by atoms with Crippen LogP contribution in [0.1, 0.15) is 30.1 Å². The zero-order valence-corrected chi connectivity index (χ0v) is 7.33. The highest BCUT2D eigenvalue weighted by molar-refractivity contribution is 5.22. The van der Waals surface area contributed by atoms with Crippen LogP contribution in [0.2, 0.25) is 0 Å². The number of pyridine rings is 1. The van der Waals surface area contributed by atoms with Gasteiger partial charge in [0.15, 0.2) is 0 Å². The molecule has 1 aromatic rings. The minimum Gasteiger partial charge on any atom is -0.322 e. The summed E-state index contributed by atoms with van der Waals surface area (Å²) in [5, 5.41) is 0. The molecular formula is C10H14N2. The number of nitrogens with zero attached hydrogens (tertiary/aromatic N) is 1. The summed E-state index contributed by atoms with van der Waals surface area (Å²) >= 11 is 0. The highest BCUT2D eigenvalue weighted by Gasteiger charge is 2.30. The van der Waals surface area contributed by atoms with Crippen LogP contribution in [-0.2, 0) is 0 Å². The Morgan fingerprint density at radius 3 is 2.92 bits per heavy atom. The molecule has 1 heterocycles. The minimum atomic E-state index is 0.172. The van der Waals surface area contributed by atoms with Gasteiger partial charge in [0.1, 0.15) is 0 Å². The predicted octanol–water partition coefficient (Wildman–Crippen LogP) is 1.80. The predicted molar refractivity (Wildman–Crippen MR) is 48.6 cm³/mol. The van der Waals surface area contributed by atoms with Crippen molar-refractivity contribution in [2.24, 2.45) is 11.7 Å². The molecule has 64 valence electrons. The fourth-order valence-corrected chi connectivity index (χ4v) is 1.53. The molecule has 0 amide bonds. The van der Waals surface area contributed by atoms with Crippen molar-refractivity contribution in [1.82, 2.24) is 4.98 Å². The Labute approximate surface area is 72.8 Å². The molecule has 2 heteroatoms. The summed E-state index contributed by atoms with van der Waals surface area (Å²) in [7, 11) is 0. The number of aryl methyl sites for hydroxylation is 1. The summed E-state index contributed by atoms with van der Waals surface area (Å²) in [5.41, 5.74) is 8.34. The number of hydrogen-bond acceptors (Lipinski definition) is 2. The van der Waals surface area contributed by atoms with Crippen LogP contribution in [0.5, 0.6) is 0 Å². The van der Waals surface area contributed by atoms with Crippen molar-refractivity contribution in [3.63, 3.8) is 0 Å². The van der Waals surface area contributed by atoms with Crippen LogP contribution in [0, 0.1) is 12.8 Å². The molecule has 0 saturated heterocycles. The molecule has 0 radical (unpaired) electrons. The highest BCUT2D eigenvalue weighted by Crippen LogP contribution is 2.39. The van der Waals surface area contributed by atoms with Gasteiger partial charge in [0, 0.05) is 6.20 Å². The fourth-order valence-electron chi connectivity index (χ4n) is 1.53. The van der Waals surface area contributed by atoms with Crippen molar-refractivity contribution in [2.75, 3.05) is 0 Å². The van der Waals surface area contributed by atoms with Crippen molar-refractivity contribution in [3.05, 3.63) is 29.6 Å². The SMILES string of the molecule is Cc1cccnc1[C@@H](N)C1CC1. The average molecular weight is 162 g/mol. The quantitative estimate of drug-likeness (QED) is 0.720. The van der Waals surface area contributed by atoms with Gasteiger partial charge in [-0.3, -0.25) is 4.98 Å². The summed E-state index contributed by atoms with van der Waals surface area (Å²) in [6, 6.07) is 4.20. The monoisotopic (exact) mass is 162 g/mol. The van der Waals surface area contributed by atoms with Crippen molar-refractivity contribution >= 4 is 0 Å². The summed E-state index contributed by atoms with van der Waals surface area (Å²) in [4.78, 5) is 4.31. The normalized spacial score (nSPS) is 19.2. The molecule has 1 aliphatic carbocycles. The van der Waals surface area contributed by atoms with Crippen molar-refractivity contribution in [3.8, 4) is 0 Å². The van der Waals surface area contributed by atoms with E-state index in [2.05, 4.69) is 18.0 Å². The van der Waals surface area contributed by atoms with E-state index in [0.717, 1.165) is 5.69 Å². The molecule has 0 unspecified atom stereocenters. The van der Waals surface area contributed by atoms with E-state index in [1.54, 1.807) is 0 Å². The van der Waals surface area contributed by atoms with E-state index < -0.39 is 0 Å². The van der Waals surface area contributed by atoms with E-state index in [9.17, 15) is 0 Å². The van der Waals surface area contributed by atoms with E-state index in [4.69, 9.17) is 5.73 Å². The van der Waals surface area contributed by atoms with E-state index >= 15 is 0 Å². The molecule has 2 nitrogen and oxygen atoms in total. The second-order valence-corrected chi connectivity index (χ2v) is 3.57. The minimum absolute atomic E-state index is 0.172. The topological polar surface area (TPSA) is 38.9 Å². The molecule has 2 N–H and O–H groups in total. The molecule has 12 heavy (non-hydrogen) atoms. The average Bonchev–Trinajstić information content (AvgIpc) is 2.86. The maximum Gasteiger partial charge on any atom is 0.0602 e. The van der Waals surface area contributed by atoms with Gasteiger partial charge < -0.3 is 5.73 Å². The van der Waals surface area contributed by atoms with Gasteiger partial charge in [0.05, 0.1) is 11.7 Å². The molecule has 0 bridgehead atoms. The summed E-state index contributed by atoms with van der Waals surface area (Å²) in [6.45, 7) is 2.07. The van der Waals surface area contributed by atoms with Gasteiger partial charge in [-0.25, -0.2) is 0 Å². The molecule has 1 atom stereocenters. The maximum atomic E-state index is 6.04. The largest absolute Gasteiger partial charge is 0.322 e. The lowest BCUT2D eigenvalue weighted by molar-refractivity contribution is 0.610. The number of rotatable bonds is 2. The molecule has 0 aromatic carbocycles. The van der Waals surface area contributed by atoms with Crippen LogP contribution in [0.25, 0.3) is 0 Å². The van der Waals surface area contributed by atoms with Crippen LogP contribution in [-0.4, -0.2) is 4.98 Å². The first-order valence-corrected chi connectivity index (χ1v) is 4.46. The lowest BCUT2D eigenvalue weighted by Gasteiger charge is -2.11. The molecule has 2 rings (SSSR count). The smallest absolute Gasteiger partial charge is 0.0602 e. The zero-order chi connectivity index (χ0) is 8.55. The van der Waals surface area contributed by atoms with E-state index in [1.807, 2.05) is 12.3 Å². The first-order valence-electron chi connectivity index (χ1n) is 4.46. The highest BCUT2D eigenvalue weighted by atomic mass is 14.8. The van der Waals surface area contributed by atoms with E-state index in [0.29, 0.717) is 5.92 Å². The Hall–Kier alpha value is -0.890. The van der Waals surface area contributed by atoms with Gasteiger partial charge in [0.2, 0.25) is 0 Å². The second kappa shape index (κ2) is 2.87. The molecular weight excluding hydrogens is 148 g/mol. The first-order chi connectivity index (χ1) is 5.79. The molecule has 1 aliphatic rings. The van der Waals surface area contributed by atoms with Crippen LogP contribution < -0.4 is 5.73 Å². The van der Waals surface area contributed by atoms with Crippen LogP contribution in [0.4, 0.5) is 0 Å². The Kier molecular flexibility index (Phi) is 1.85. The molecule has 1 fully saturated rings. The molecule has 1 saturated carbocycles. The molecule has 1 aromatic heterocycles. The zero-order valence-electron chi connectivity index (χ0n) is 7.33. The number of nitrogens with two attached hydrogens (primary N) is 1. The second-order valence-electron chi connectivity index (χ2n) is 3.57. The third kappa shape index (κ3) is 1.34. The van der Waals surface area contributed by atoms with Gasteiger partial charge in [-0.15, -0.1) is 0 Å². The fraction of sp³-hybridized carbons (Fsp3) is 0.500. The summed E-state index contributed by atoms with van der Waals surface area (Å²) in [5.74, 6) is 0.693. The van der Waals surface area contributed by atoms with Crippen LogP contribution in [0.15, 0.2) is 18.3 Å². The first kappa shape index (κ1) is 7.74. The number of hydrogen-bond donors (Lipinski definition) is 1. The Bertz CT molecular complexity index is 279. The Morgan fingerprint density at radius 2 is 2.33 bits per heavy atom. The van der Waals surface area contributed by atoms with Gasteiger partial charge >= 0.3 is 0 Å². The standard InChI is InChI=1S/C10H14N2/c1-7-3-2-6-12-10(7)9(11)8-4-5-8/h2-3,6,8-9H,4-5,11H2,1H3/t9-/m0/s1. The van der Waals surface area contributed by atoms with Crippen molar-refractivity contribution in [2.45, 2.75) is 25.8 Å². The Morgan fingerprint density at radius 1 is 1.58 bits per heavy atom. The summed E-state index contributed by atoms with van der Waals surface area (Å²) < 4.78 is 0. The lowest BCUT2D eigenvalue weighted by Crippen LogP contribution is -2.15. The van der Waals surface area contributed by atoms with Crippen molar-refractivity contribution in [1.29, 1.82) is 0 Å². The van der Waals surface area contributed by atoms with Gasteiger partial charge in [0.25, 0.3) is 0 Å². The van der Waals surface area contributed by atoms with Crippen molar-refractivity contribution < 1.29 is 0 Å². The van der Waals surface area contributed by atoms with Gasteiger partial charge in [-0.1, -0.05) is 6.07 Å². The number of aromatic nitrogens is 1. The Balaban J connectivity index is 2.25. The molecule has 0 aliphatic heterocycles. The summed E-state index contributed by atoms with van der Waals surface area (Å²) in [6.07, 6.45) is 4.37. The lowest BCUT2D eigenvalue weighted by atomic mass is 10.1. The van der Waals surface area contributed by atoms with E-state index in [1.165, 1.54) is 18.4 Å². The third-order valence-electron chi connectivity index (χ3n) is 2.50. The van der Waals surface area contributed by atoms with Gasteiger partial charge in [-0.05, 0) is 37.3 Å². The van der Waals surface area contributed by atoms with Crippen LogP contribution >= 0.6 is 0 Å². The molecule has 0 spiro atoms. The maximum absolute atomic E-state index is 6.04. The van der Waals surface area contributed by atoms with Gasteiger partial charge in [-0.2, -0.15) is 0 Å². The third-order valence-corrected chi connectivity index (χ3v) is 2.50. The van der Waals surface area contributed by atoms with E-state index in [-0.39, 0.29) is 6.04 Å².